The van der Waals surface area contributed by atoms with Crippen molar-refractivity contribution in [1.82, 2.24) is 0 Å². The zero-order valence-electron chi connectivity index (χ0n) is 25.2. The summed E-state index contributed by atoms with van der Waals surface area (Å²) in [5.41, 5.74) is 3.02. The van der Waals surface area contributed by atoms with Crippen LogP contribution in [0.1, 0.15) is 23.3 Å². The van der Waals surface area contributed by atoms with Crippen LogP contribution in [0.3, 0.4) is 0 Å². The van der Waals surface area contributed by atoms with E-state index in [1.807, 2.05) is 30.3 Å². The van der Waals surface area contributed by atoms with Crippen LogP contribution >= 0.6 is 11.8 Å². The summed E-state index contributed by atoms with van der Waals surface area (Å²) in [6.45, 7) is 0. The van der Waals surface area contributed by atoms with Crippen molar-refractivity contribution >= 4 is 23.4 Å². The van der Waals surface area contributed by atoms with Crippen molar-refractivity contribution in [2.45, 2.75) is 54.3 Å². The standard InChI is InChI=1S/C35H34FNO10S/c36-21-12-9-18(10-13-21)26(39)17-48-32-27(37(33(32)43)22-6-2-1-3-7-22)24-14-11-20(16-25(24)38)19-5-4-8-23(15-19)46-35-30(42)28(40)29(41)31(47-35)34(44)45/h1-16,26-33,35,38-43H,17H2,(H,44,45)/t26-,27+,28?,29-,30?,31?,32+,33-,35+/m0/s1. The molecule has 4 aromatic rings. The summed E-state index contributed by atoms with van der Waals surface area (Å²) in [6.07, 6.45) is -10.6. The summed E-state index contributed by atoms with van der Waals surface area (Å²) in [6, 6.07) is 26.0. The van der Waals surface area contributed by atoms with Crippen molar-refractivity contribution in [2.24, 2.45) is 0 Å². The molecular formula is C35H34FNO10S. The highest BCUT2D eigenvalue weighted by Gasteiger charge is 2.50. The Morgan fingerprint density at radius 1 is 0.875 bits per heavy atom. The molecule has 0 bridgehead atoms. The number of nitrogens with zero attached hydrogens (tertiary/aromatic N) is 1. The third-order valence-electron chi connectivity index (χ3n) is 8.53. The first-order chi connectivity index (χ1) is 23.0. The van der Waals surface area contributed by atoms with Crippen molar-refractivity contribution in [3.8, 4) is 22.6 Å². The number of aliphatic hydroxyl groups excluding tert-OH is 5. The largest absolute Gasteiger partial charge is 0.508 e. The van der Waals surface area contributed by atoms with E-state index in [0.29, 0.717) is 22.3 Å². The van der Waals surface area contributed by atoms with Crippen molar-refractivity contribution in [3.05, 3.63) is 114 Å². The van der Waals surface area contributed by atoms with E-state index in [-0.39, 0.29) is 17.3 Å². The van der Waals surface area contributed by atoms with Crippen LogP contribution in [0.5, 0.6) is 11.5 Å². The van der Waals surface area contributed by atoms with Crippen LogP contribution in [0.4, 0.5) is 10.1 Å². The zero-order chi connectivity index (χ0) is 34.1. The summed E-state index contributed by atoms with van der Waals surface area (Å²) in [5.74, 6) is -1.59. The van der Waals surface area contributed by atoms with Gasteiger partial charge in [-0.15, -0.1) is 11.8 Å². The van der Waals surface area contributed by atoms with Crippen LogP contribution in [0.25, 0.3) is 11.1 Å². The number of halogens is 1. The maximum absolute atomic E-state index is 13.4. The van der Waals surface area contributed by atoms with Gasteiger partial charge in [-0.2, -0.15) is 0 Å². The lowest BCUT2D eigenvalue weighted by atomic mass is 9.89. The lowest BCUT2D eigenvalue weighted by Gasteiger charge is -2.54. The minimum atomic E-state index is -1.85. The number of phenolic OH excluding ortho intramolecular Hbond substituents is 1. The van der Waals surface area contributed by atoms with Gasteiger partial charge in [0.1, 0.15) is 41.9 Å². The molecule has 13 heteroatoms. The SMILES string of the molecule is O=C(O)C1O[C@@H](Oc2cccc(-c3ccc([C@@H]4[C@@H](SC[C@H](O)c5ccc(F)cc5)[C@H](O)N4c4ccccc4)c(O)c3)c2)C(O)C(O)[C@@H]1O. The lowest BCUT2D eigenvalue weighted by Crippen LogP contribution is -2.61. The molecule has 2 heterocycles. The van der Waals surface area contributed by atoms with E-state index in [2.05, 4.69) is 0 Å². The van der Waals surface area contributed by atoms with Gasteiger partial charge in [0, 0.05) is 17.0 Å². The molecule has 0 saturated carbocycles. The first kappa shape index (κ1) is 33.7. The summed E-state index contributed by atoms with van der Waals surface area (Å²) in [5, 5.41) is 72.7. The van der Waals surface area contributed by atoms with Crippen LogP contribution in [-0.4, -0.2) is 89.7 Å². The fraction of sp³-hybridized carbons (Fsp3) is 0.286. The van der Waals surface area contributed by atoms with E-state index in [4.69, 9.17) is 9.47 Å². The number of para-hydroxylation sites is 1. The van der Waals surface area contributed by atoms with Crippen molar-refractivity contribution in [1.29, 1.82) is 0 Å². The molecule has 2 aliphatic heterocycles. The maximum atomic E-state index is 13.4. The Balaban J connectivity index is 1.22. The topological polar surface area (TPSA) is 180 Å². The van der Waals surface area contributed by atoms with Gasteiger partial charge in [-0.05, 0) is 59.2 Å². The number of rotatable bonds is 10. The summed E-state index contributed by atoms with van der Waals surface area (Å²) in [7, 11) is 0. The zero-order valence-corrected chi connectivity index (χ0v) is 26.0. The first-order valence-electron chi connectivity index (χ1n) is 15.1. The third kappa shape index (κ3) is 6.71. The lowest BCUT2D eigenvalue weighted by molar-refractivity contribution is -0.271. The van der Waals surface area contributed by atoms with Crippen LogP contribution < -0.4 is 9.64 Å². The summed E-state index contributed by atoms with van der Waals surface area (Å²) < 4.78 is 24.3. The molecule has 0 amide bonds. The number of phenols is 1. The summed E-state index contributed by atoms with van der Waals surface area (Å²) >= 11 is 1.34. The number of carbonyl (C=O) groups is 1. The number of aromatic hydroxyl groups is 1. The second-order valence-electron chi connectivity index (χ2n) is 11.6. The minimum Gasteiger partial charge on any atom is -0.508 e. The Morgan fingerprint density at radius 2 is 1.58 bits per heavy atom. The van der Waals surface area contributed by atoms with Crippen molar-refractivity contribution in [3.63, 3.8) is 0 Å². The van der Waals surface area contributed by atoms with Crippen LogP contribution in [0.2, 0.25) is 0 Å². The monoisotopic (exact) mass is 679 g/mol. The molecule has 7 N–H and O–H groups in total. The van der Waals surface area contributed by atoms with Gasteiger partial charge in [-0.3, -0.25) is 0 Å². The molecule has 0 spiro atoms. The Bertz CT molecular complexity index is 1730. The fourth-order valence-electron chi connectivity index (χ4n) is 5.95. The number of carboxylic acid groups (broad SMARTS) is 1. The molecule has 3 unspecified atom stereocenters. The Labute approximate surface area is 279 Å². The average molecular weight is 680 g/mol. The molecule has 0 aliphatic carbocycles. The Kier molecular flexibility index (Phi) is 9.90. The third-order valence-corrected chi connectivity index (χ3v) is 9.92. The number of ether oxygens (including phenoxy) is 2. The number of hydrogen-bond acceptors (Lipinski definition) is 11. The number of anilines is 1. The van der Waals surface area contributed by atoms with Gasteiger partial charge < -0.3 is 50.1 Å². The van der Waals surface area contributed by atoms with Crippen LogP contribution in [0, 0.1) is 5.82 Å². The van der Waals surface area contributed by atoms with Crippen LogP contribution in [0.15, 0.2) is 97.1 Å². The summed E-state index contributed by atoms with van der Waals surface area (Å²) in [4.78, 5) is 13.3. The number of aliphatic hydroxyl groups is 5. The van der Waals surface area contributed by atoms with E-state index < -0.39 is 66.1 Å². The van der Waals surface area contributed by atoms with E-state index >= 15 is 0 Å². The number of thioether (sulfide) groups is 1. The normalized spacial score (nSPS) is 27.6. The molecule has 4 aromatic carbocycles. The van der Waals surface area contributed by atoms with E-state index in [0.717, 1.165) is 5.69 Å². The first-order valence-corrected chi connectivity index (χ1v) is 16.2. The molecule has 0 aromatic heterocycles. The molecule has 2 fully saturated rings. The number of hydrogen-bond donors (Lipinski definition) is 7. The van der Waals surface area contributed by atoms with Gasteiger partial charge in [0.15, 0.2) is 6.10 Å². The quantitative estimate of drug-likeness (QED) is 0.130. The van der Waals surface area contributed by atoms with Crippen molar-refractivity contribution in [2.75, 3.05) is 10.7 Å². The van der Waals surface area contributed by atoms with Gasteiger partial charge >= 0.3 is 5.97 Å². The van der Waals surface area contributed by atoms with Gasteiger partial charge in [-0.1, -0.05) is 54.6 Å². The average Bonchev–Trinajstić information content (AvgIpc) is 3.08. The Hall–Kier alpha value is -4.21. The van der Waals surface area contributed by atoms with Crippen LogP contribution in [-0.2, 0) is 9.53 Å². The molecule has 11 nitrogen and oxygen atoms in total. The smallest absolute Gasteiger partial charge is 0.335 e. The number of benzene rings is 4. The number of carboxylic acids is 1. The van der Waals surface area contributed by atoms with E-state index in [9.17, 15) is 44.9 Å². The van der Waals surface area contributed by atoms with Gasteiger partial charge in [0.2, 0.25) is 6.29 Å². The molecule has 48 heavy (non-hydrogen) atoms. The second-order valence-corrected chi connectivity index (χ2v) is 12.8. The second kappa shape index (κ2) is 14.1. The predicted octanol–water partition coefficient (Wildman–Crippen LogP) is 3.18. The minimum absolute atomic E-state index is 0.0474. The number of aliphatic carboxylic acids is 1. The highest BCUT2D eigenvalue weighted by molar-refractivity contribution is 8.00. The van der Waals surface area contributed by atoms with Crippen molar-refractivity contribution < 1.29 is 54.4 Å². The fourth-order valence-corrected chi connectivity index (χ4v) is 7.31. The molecule has 252 valence electrons. The maximum Gasteiger partial charge on any atom is 0.335 e. The van der Waals surface area contributed by atoms with Gasteiger partial charge in [-0.25, -0.2) is 9.18 Å². The highest BCUT2D eigenvalue weighted by atomic mass is 32.2. The molecular weight excluding hydrogens is 645 g/mol. The molecule has 2 aliphatic rings. The molecule has 9 atom stereocenters. The highest BCUT2D eigenvalue weighted by Crippen LogP contribution is 2.50. The van der Waals surface area contributed by atoms with E-state index in [1.54, 1.807) is 41.3 Å². The van der Waals surface area contributed by atoms with Gasteiger partial charge in [0.25, 0.3) is 0 Å². The Morgan fingerprint density at radius 3 is 2.27 bits per heavy atom. The molecule has 2 saturated heterocycles. The predicted molar refractivity (Wildman–Crippen MR) is 174 cm³/mol. The molecule has 0 radical (unpaired) electrons. The molecule has 6 rings (SSSR count). The van der Waals surface area contributed by atoms with Gasteiger partial charge in [0.05, 0.1) is 17.4 Å². The van der Waals surface area contributed by atoms with E-state index in [1.165, 1.54) is 42.1 Å².